The van der Waals surface area contributed by atoms with E-state index in [1.54, 1.807) is 52.1 Å². The van der Waals surface area contributed by atoms with Crippen molar-refractivity contribution < 1.29 is 23.8 Å². The van der Waals surface area contributed by atoms with Crippen LogP contribution < -0.4 is 14.8 Å². The van der Waals surface area contributed by atoms with Gasteiger partial charge in [-0.05, 0) is 76.1 Å². The van der Waals surface area contributed by atoms with Crippen LogP contribution in [-0.4, -0.2) is 29.3 Å². The van der Waals surface area contributed by atoms with Crippen molar-refractivity contribution >= 4 is 29.1 Å². The predicted octanol–water partition coefficient (Wildman–Crippen LogP) is 8.65. The first-order valence-corrected chi connectivity index (χ1v) is 14.1. The summed E-state index contributed by atoms with van der Waals surface area (Å²) in [5.74, 6) is 0.418. The average molecular weight is 551 g/mol. The number of nitrogens with one attached hydrogen (secondary N) is 1. The number of thiazole rings is 1. The highest BCUT2D eigenvalue weighted by atomic mass is 32.1. The van der Waals surface area contributed by atoms with Gasteiger partial charge in [0.1, 0.15) is 16.4 Å². The number of anilines is 1. The Kier molecular flexibility index (Phi) is 10.7. The lowest BCUT2D eigenvalue weighted by atomic mass is 10.1. The van der Waals surface area contributed by atoms with E-state index in [-0.39, 0.29) is 11.3 Å². The van der Waals surface area contributed by atoms with Gasteiger partial charge in [0.15, 0.2) is 5.75 Å². The highest BCUT2D eigenvalue weighted by Crippen LogP contribution is 2.41. The minimum atomic E-state index is -0.685. The maximum Gasteiger partial charge on any atom is 0.412 e. The van der Waals surface area contributed by atoms with Crippen molar-refractivity contribution in [2.75, 3.05) is 11.9 Å². The number of amides is 1. The van der Waals surface area contributed by atoms with E-state index in [1.807, 2.05) is 24.3 Å². The molecule has 1 heterocycles. The normalized spacial score (nSPS) is 11.1. The molecule has 39 heavy (non-hydrogen) atoms. The Balaban J connectivity index is 1.80. The molecule has 2 aromatic carbocycles. The van der Waals surface area contributed by atoms with Crippen molar-refractivity contribution in [3.8, 4) is 32.5 Å². The average Bonchev–Trinajstić information content (AvgIpc) is 3.36. The predicted molar refractivity (Wildman–Crippen MR) is 158 cm³/mol. The number of hydrogen-bond acceptors (Lipinski definition) is 7. The molecule has 1 N–H and O–H groups in total. The number of carbonyl (C=O) groups is 2. The Hall–Kier alpha value is -3.65. The van der Waals surface area contributed by atoms with Crippen LogP contribution in [0, 0.1) is 0 Å². The number of para-hydroxylation sites is 1. The van der Waals surface area contributed by atoms with Crippen LogP contribution in [0.15, 0.2) is 60.8 Å². The quantitative estimate of drug-likeness (QED) is 0.105. The van der Waals surface area contributed by atoms with Gasteiger partial charge in [0.25, 0.3) is 0 Å². The zero-order valence-corrected chi connectivity index (χ0v) is 24.3. The lowest BCUT2D eigenvalue weighted by Crippen LogP contribution is -2.27. The van der Waals surface area contributed by atoms with E-state index < -0.39 is 17.7 Å². The van der Waals surface area contributed by atoms with Crippen LogP contribution in [0.5, 0.6) is 11.5 Å². The number of ether oxygens (including phenoxy) is 3. The van der Waals surface area contributed by atoms with Crippen molar-refractivity contribution in [3.63, 3.8) is 0 Å². The van der Waals surface area contributed by atoms with Crippen LogP contribution in [0.3, 0.4) is 0 Å². The zero-order chi connectivity index (χ0) is 28.4. The summed E-state index contributed by atoms with van der Waals surface area (Å²) in [7, 11) is 0. The Bertz CT molecular complexity index is 1270. The van der Waals surface area contributed by atoms with Crippen LogP contribution in [0.4, 0.5) is 10.5 Å². The number of rotatable bonds is 12. The molecule has 0 radical (unpaired) electrons. The third-order valence-corrected chi connectivity index (χ3v) is 6.67. The molecule has 1 amide bonds. The second-order valence-electron chi connectivity index (χ2n) is 10.3. The largest absolute Gasteiger partial charge is 0.494 e. The highest BCUT2D eigenvalue weighted by Gasteiger charge is 2.22. The fraction of sp³-hybridized carbons (Fsp3) is 0.387. The van der Waals surface area contributed by atoms with Crippen molar-refractivity contribution in [2.24, 2.45) is 0 Å². The maximum atomic E-state index is 12.5. The van der Waals surface area contributed by atoms with Crippen molar-refractivity contribution in [2.45, 2.75) is 72.3 Å². The van der Waals surface area contributed by atoms with Gasteiger partial charge in [0.2, 0.25) is 0 Å². The van der Waals surface area contributed by atoms with E-state index in [0.717, 1.165) is 22.6 Å². The number of nitrogens with zero attached hydrogens (tertiary/aromatic N) is 1. The molecule has 208 valence electrons. The number of unbranched alkanes of at least 4 members (excludes halogenated alkanes) is 4. The van der Waals surface area contributed by atoms with Crippen LogP contribution in [0.25, 0.3) is 21.0 Å². The molecule has 0 fully saturated rings. The summed E-state index contributed by atoms with van der Waals surface area (Å²) >= 11 is 1.45. The minimum Gasteiger partial charge on any atom is -0.494 e. The molecule has 3 aromatic rings. The van der Waals surface area contributed by atoms with E-state index in [0.29, 0.717) is 22.9 Å². The molecule has 0 aliphatic carbocycles. The van der Waals surface area contributed by atoms with E-state index in [2.05, 4.69) is 23.8 Å². The van der Waals surface area contributed by atoms with Crippen LogP contribution >= 0.6 is 11.3 Å². The topological polar surface area (TPSA) is 86.8 Å². The van der Waals surface area contributed by atoms with E-state index in [4.69, 9.17) is 14.2 Å². The molecule has 0 aliphatic heterocycles. The van der Waals surface area contributed by atoms with Gasteiger partial charge in [-0.25, -0.2) is 14.6 Å². The molecule has 0 atom stereocenters. The molecule has 0 bridgehead atoms. The number of aromatic nitrogens is 1. The first-order chi connectivity index (χ1) is 18.6. The van der Waals surface area contributed by atoms with Gasteiger partial charge in [0, 0.05) is 11.8 Å². The number of carbonyl (C=O) groups excluding carboxylic acids is 2. The SMILES string of the molecule is C=C(C)C(=O)Oc1c(NC(=O)OC(C)(C)C)cccc1-c1ncc(-c2ccc(OCCCCCCC)cc2)s1. The third kappa shape index (κ3) is 9.25. The molecule has 7 nitrogen and oxygen atoms in total. The van der Waals surface area contributed by atoms with Crippen molar-refractivity contribution in [3.05, 3.63) is 60.8 Å². The van der Waals surface area contributed by atoms with E-state index in [1.165, 1.54) is 37.0 Å². The zero-order valence-electron chi connectivity index (χ0n) is 23.5. The molecule has 0 spiro atoms. The minimum absolute atomic E-state index is 0.181. The second kappa shape index (κ2) is 13.9. The third-order valence-electron chi connectivity index (χ3n) is 5.59. The summed E-state index contributed by atoms with van der Waals surface area (Å²) in [5.41, 5.74) is 1.41. The monoisotopic (exact) mass is 550 g/mol. The second-order valence-corrected chi connectivity index (χ2v) is 11.3. The summed E-state index contributed by atoms with van der Waals surface area (Å²) < 4.78 is 16.9. The molecule has 3 rings (SSSR count). The van der Waals surface area contributed by atoms with Crippen molar-refractivity contribution in [1.82, 2.24) is 4.98 Å². The smallest absolute Gasteiger partial charge is 0.412 e. The Morgan fingerprint density at radius 1 is 1.03 bits per heavy atom. The summed E-state index contributed by atoms with van der Waals surface area (Å²) in [6.45, 7) is 13.5. The summed E-state index contributed by atoms with van der Waals surface area (Å²) in [6, 6.07) is 13.1. The molecule has 0 unspecified atom stereocenters. The first kappa shape index (κ1) is 29.9. The standard InChI is InChI=1S/C31H38N2O5S/c1-7-8-9-10-11-19-36-23-17-15-22(16-18-23)26-20-32-28(39-26)24-13-12-14-25(27(24)37-29(34)21(2)3)33-30(35)38-31(4,5)6/h12-18,20H,2,7-11,19H2,1,3-6H3,(H,33,35). The Labute approximate surface area is 235 Å². The van der Waals surface area contributed by atoms with Gasteiger partial charge < -0.3 is 14.2 Å². The van der Waals surface area contributed by atoms with Gasteiger partial charge in [-0.1, -0.05) is 45.3 Å². The number of esters is 1. The Morgan fingerprint density at radius 2 is 1.74 bits per heavy atom. The van der Waals surface area contributed by atoms with Gasteiger partial charge in [0.05, 0.1) is 22.7 Å². The van der Waals surface area contributed by atoms with E-state index >= 15 is 0 Å². The summed E-state index contributed by atoms with van der Waals surface area (Å²) in [5, 5.41) is 3.33. The molecule has 0 saturated heterocycles. The lowest BCUT2D eigenvalue weighted by Gasteiger charge is -2.21. The number of hydrogen-bond donors (Lipinski definition) is 1. The first-order valence-electron chi connectivity index (χ1n) is 13.3. The van der Waals surface area contributed by atoms with Crippen LogP contribution in [0.2, 0.25) is 0 Å². The molecule has 0 aliphatic rings. The van der Waals surface area contributed by atoms with Crippen LogP contribution in [0.1, 0.15) is 66.7 Å². The fourth-order valence-electron chi connectivity index (χ4n) is 3.65. The fourth-order valence-corrected chi connectivity index (χ4v) is 4.59. The number of benzene rings is 2. The van der Waals surface area contributed by atoms with Crippen LogP contribution in [-0.2, 0) is 9.53 Å². The molecule has 8 heteroatoms. The van der Waals surface area contributed by atoms with Gasteiger partial charge in [-0.2, -0.15) is 0 Å². The molecule has 0 saturated carbocycles. The molecular formula is C31H38N2O5S. The molecular weight excluding hydrogens is 512 g/mol. The highest BCUT2D eigenvalue weighted by molar-refractivity contribution is 7.18. The summed E-state index contributed by atoms with van der Waals surface area (Å²) in [6.07, 6.45) is 7.12. The lowest BCUT2D eigenvalue weighted by molar-refractivity contribution is -0.130. The van der Waals surface area contributed by atoms with Gasteiger partial charge in [-0.3, -0.25) is 5.32 Å². The van der Waals surface area contributed by atoms with Gasteiger partial charge in [-0.15, -0.1) is 11.3 Å². The summed E-state index contributed by atoms with van der Waals surface area (Å²) in [4.78, 5) is 30.5. The van der Waals surface area contributed by atoms with E-state index in [9.17, 15) is 9.59 Å². The Morgan fingerprint density at radius 3 is 2.41 bits per heavy atom. The molecule has 1 aromatic heterocycles. The van der Waals surface area contributed by atoms with Crippen molar-refractivity contribution in [1.29, 1.82) is 0 Å². The maximum absolute atomic E-state index is 12.5. The van der Waals surface area contributed by atoms with Gasteiger partial charge >= 0.3 is 12.1 Å².